The summed E-state index contributed by atoms with van der Waals surface area (Å²) in [6.07, 6.45) is 1.46. The van der Waals surface area contributed by atoms with Crippen LogP contribution in [0.5, 0.6) is 0 Å². The lowest BCUT2D eigenvalue weighted by Crippen LogP contribution is -2.06. The Labute approximate surface area is 123 Å². The average molecular weight is 281 g/mol. The van der Waals surface area contributed by atoms with E-state index in [1.165, 1.54) is 0 Å². The van der Waals surface area contributed by atoms with Crippen molar-refractivity contribution in [1.29, 1.82) is 0 Å². The predicted octanol–water partition coefficient (Wildman–Crippen LogP) is 2.72. The Morgan fingerprint density at radius 2 is 1.95 bits per heavy atom. The van der Waals surface area contributed by atoms with Crippen molar-refractivity contribution >= 4 is 16.9 Å². The lowest BCUT2D eigenvalue weighted by atomic mass is 10.1. The van der Waals surface area contributed by atoms with Crippen LogP contribution in [0.3, 0.4) is 0 Å². The van der Waals surface area contributed by atoms with Gasteiger partial charge in [0, 0.05) is 11.8 Å². The number of nitrogens with two attached hydrogens (primary N) is 1. The van der Waals surface area contributed by atoms with E-state index in [0.29, 0.717) is 24.0 Å². The summed E-state index contributed by atoms with van der Waals surface area (Å²) in [5.74, 6) is 2.63. The van der Waals surface area contributed by atoms with E-state index in [2.05, 4.69) is 33.8 Å². The highest BCUT2D eigenvalue weighted by atomic mass is 15.0. The maximum absolute atomic E-state index is 5.88. The first-order chi connectivity index (χ1) is 10.1. The molecule has 21 heavy (non-hydrogen) atoms. The van der Waals surface area contributed by atoms with Gasteiger partial charge < -0.3 is 10.7 Å². The Kier molecular flexibility index (Phi) is 3.56. The zero-order valence-electron chi connectivity index (χ0n) is 12.3. The van der Waals surface area contributed by atoms with Crippen molar-refractivity contribution < 1.29 is 0 Å². The van der Waals surface area contributed by atoms with Gasteiger partial charge in [-0.1, -0.05) is 26.0 Å². The van der Waals surface area contributed by atoms with E-state index < -0.39 is 0 Å². The summed E-state index contributed by atoms with van der Waals surface area (Å²) < 4.78 is 0. The third-order valence-electron chi connectivity index (χ3n) is 3.23. The zero-order valence-corrected chi connectivity index (χ0v) is 12.3. The maximum Gasteiger partial charge on any atom is 0.138 e. The first-order valence-corrected chi connectivity index (χ1v) is 7.16. The molecule has 1 aromatic carbocycles. The number of aromatic amines is 1. The number of fused-ring (bicyclic) bond motifs is 1. The maximum atomic E-state index is 5.88. The van der Waals surface area contributed by atoms with Crippen LogP contribution in [0.15, 0.2) is 30.3 Å². The number of nitrogen functional groups attached to an aromatic ring is 1. The molecule has 0 saturated carbocycles. The number of hydrogen-bond acceptors (Lipinski definition) is 4. The molecule has 0 radical (unpaired) electrons. The van der Waals surface area contributed by atoms with E-state index in [1.54, 1.807) is 0 Å². The van der Waals surface area contributed by atoms with Gasteiger partial charge >= 0.3 is 0 Å². The molecule has 0 spiro atoms. The number of benzene rings is 1. The molecule has 0 unspecified atom stereocenters. The Morgan fingerprint density at radius 3 is 2.71 bits per heavy atom. The number of H-pyrrole nitrogens is 1. The standard InChI is InChI=1S/C16H19N5/c1-10(2)7-11-8-14(17)21-15(18-11)9-16-19-12-5-3-4-6-13(12)20-16/h3-6,8,10H,7,9H2,1-2H3,(H,19,20)(H2,17,18,21). The minimum atomic E-state index is 0.520. The van der Waals surface area contributed by atoms with E-state index in [4.69, 9.17) is 5.73 Å². The SMILES string of the molecule is CC(C)Cc1cc(N)nc(Cc2nc3ccccc3[nH]2)n1. The van der Waals surface area contributed by atoms with Crippen molar-refractivity contribution in [2.24, 2.45) is 5.92 Å². The smallest absolute Gasteiger partial charge is 0.138 e. The van der Waals surface area contributed by atoms with E-state index >= 15 is 0 Å². The fraction of sp³-hybridized carbons (Fsp3) is 0.312. The number of para-hydroxylation sites is 2. The minimum absolute atomic E-state index is 0.520. The van der Waals surface area contributed by atoms with Gasteiger partial charge in [-0.15, -0.1) is 0 Å². The molecular weight excluding hydrogens is 262 g/mol. The van der Waals surface area contributed by atoms with Gasteiger partial charge in [-0.3, -0.25) is 0 Å². The minimum Gasteiger partial charge on any atom is -0.384 e. The number of hydrogen-bond donors (Lipinski definition) is 2. The highest BCUT2D eigenvalue weighted by Crippen LogP contribution is 2.14. The monoisotopic (exact) mass is 281 g/mol. The summed E-state index contributed by atoms with van der Waals surface area (Å²) in [6, 6.07) is 9.81. The van der Waals surface area contributed by atoms with Crippen molar-refractivity contribution in [1.82, 2.24) is 19.9 Å². The summed E-state index contributed by atoms with van der Waals surface area (Å²) in [5.41, 5.74) is 8.86. The number of aromatic nitrogens is 4. The third kappa shape index (κ3) is 3.18. The van der Waals surface area contributed by atoms with E-state index in [-0.39, 0.29) is 0 Å². The molecular formula is C16H19N5. The molecule has 2 aromatic heterocycles. The normalized spacial score (nSPS) is 11.4. The molecule has 2 heterocycles. The molecule has 0 amide bonds. The first kappa shape index (κ1) is 13.5. The summed E-state index contributed by atoms with van der Waals surface area (Å²) >= 11 is 0. The van der Waals surface area contributed by atoms with E-state index in [1.807, 2.05) is 30.3 Å². The fourth-order valence-electron chi connectivity index (χ4n) is 2.42. The number of nitrogens with one attached hydrogen (secondary N) is 1. The Hall–Kier alpha value is -2.43. The number of nitrogens with zero attached hydrogens (tertiary/aromatic N) is 3. The topological polar surface area (TPSA) is 80.5 Å². The van der Waals surface area contributed by atoms with Crippen molar-refractivity contribution in [3.05, 3.63) is 47.7 Å². The Bertz CT molecular complexity index is 727. The van der Waals surface area contributed by atoms with Gasteiger partial charge in [0.2, 0.25) is 0 Å². The summed E-state index contributed by atoms with van der Waals surface area (Å²) in [7, 11) is 0. The van der Waals surface area contributed by atoms with Crippen LogP contribution in [0.1, 0.15) is 31.2 Å². The van der Waals surface area contributed by atoms with Gasteiger partial charge in [0.25, 0.3) is 0 Å². The molecule has 0 aliphatic rings. The van der Waals surface area contributed by atoms with Crippen LogP contribution in [0.2, 0.25) is 0 Å². The summed E-state index contributed by atoms with van der Waals surface area (Å²) in [5, 5.41) is 0. The molecule has 3 aromatic rings. The number of imidazole rings is 1. The molecule has 0 atom stereocenters. The molecule has 0 aliphatic carbocycles. The van der Waals surface area contributed by atoms with Crippen LogP contribution in [-0.2, 0) is 12.8 Å². The average Bonchev–Trinajstić information content (AvgIpc) is 2.78. The second-order valence-corrected chi connectivity index (χ2v) is 5.68. The number of anilines is 1. The fourth-order valence-corrected chi connectivity index (χ4v) is 2.42. The van der Waals surface area contributed by atoms with Crippen LogP contribution in [-0.4, -0.2) is 19.9 Å². The van der Waals surface area contributed by atoms with Gasteiger partial charge in [-0.05, 0) is 24.5 Å². The molecule has 3 rings (SSSR count). The summed E-state index contributed by atoms with van der Waals surface area (Å²) in [4.78, 5) is 16.7. The largest absolute Gasteiger partial charge is 0.384 e. The molecule has 0 saturated heterocycles. The lowest BCUT2D eigenvalue weighted by Gasteiger charge is -2.07. The van der Waals surface area contributed by atoms with Gasteiger partial charge in [-0.2, -0.15) is 0 Å². The van der Waals surface area contributed by atoms with Crippen molar-refractivity contribution in [3.8, 4) is 0 Å². The molecule has 5 nitrogen and oxygen atoms in total. The van der Waals surface area contributed by atoms with Crippen molar-refractivity contribution in [2.45, 2.75) is 26.7 Å². The highest BCUT2D eigenvalue weighted by molar-refractivity contribution is 5.74. The van der Waals surface area contributed by atoms with Crippen LogP contribution in [0, 0.1) is 5.92 Å². The van der Waals surface area contributed by atoms with E-state index in [0.717, 1.165) is 29.0 Å². The van der Waals surface area contributed by atoms with Crippen LogP contribution in [0.4, 0.5) is 5.82 Å². The van der Waals surface area contributed by atoms with Gasteiger partial charge in [0.1, 0.15) is 17.5 Å². The Balaban J connectivity index is 1.88. The van der Waals surface area contributed by atoms with Crippen LogP contribution >= 0.6 is 0 Å². The van der Waals surface area contributed by atoms with Gasteiger partial charge in [-0.25, -0.2) is 15.0 Å². The second kappa shape index (κ2) is 5.52. The molecule has 3 N–H and O–H groups in total. The molecule has 0 bridgehead atoms. The quantitative estimate of drug-likeness (QED) is 0.770. The third-order valence-corrected chi connectivity index (χ3v) is 3.23. The van der Waals surface area contributed by atoms with Crippen LogP contribution in [0.25, 0.3) is 11.0 Å². The number of rotatable bonds is 4. The molecule has 108 valence electrons. The first-order valence-electron chi connectivity index (χ1n) is 7.16. The van der Waals surface area contributed by atoms with Crippen LogP contribution < -0.4 is 5.73 Å². The second-order valence-electron chi connectivity index (χ2n) is 5.68. The zero-order chi connectivity index (χ0) is 14.8. The lowest BCUT2D eigenvalue weighted by molar-refractivity contribution is 0.631. The van der Waals surface area contributed by atoms with Crippen molar-refractivity contribution in [3.63, 3.8) is 0 Å². The molecule has 0 aliphatic heterocycles. The van der Waals surface area contributed by atoms with Crippen molar-refractivity contribution in [2.75, 3.05) is 5.73 Å². The Morgan fingerprint density at radius 1 is 1.14 bits per heavy atom. The van der Waals surface area contributed by atoms with Gasteiger partial charge in [0.15, 0.2) is 0 Å². The molecule has 5 heteroatoms. The molecule has 0 fully saturated rings. The van der Waals surface area contributed by atoms with Gasteiger partial charge in [0.05, 0.1) is 17.5 Å². The van der Waals surface area contributed by atoms with E-state index in [9.17, 15) is 0 Å². The predicted molar refractivity (Wildman–Crippen MR) is 83.9 cm³/mol. The highest BCUT2D eigenvalue weighted by Gasteiger charge is 2.08. The summed E-state index contributed by atoms with van der Waals surface area (Å²) in [6.45, 7) is 4.33.